The largest absolute Gasteiger partial charge is 0.478 e. The van der Waals surface area contributed by atoms with Crippen molar-refractivity contribution in [2.45, 2.75) is 10.1 Å². The van der Waals surface area contributed by atoms with Gasteiger partial charge in [-0.3, -0.25) is 9.59 Å². The van der Waals surface area contributed by atoms with Crippen LogP contribution in [0.2, 0.25) is 0 Å². The normalized spacial score (nSPS) is 11.4. The smallest absolute Gasteiger partial charge is 0.336 e. The molecule has 1 aromatic heterocycles. The number of thioether (sulfide) groups is 1. The maximum absolute atomic E-state index is 13.5. The number of nitrogens with one attached hydrogen (secondary N) is 2. The Hall–Kier alpha value is -5.33. The number of benzene rings is 4. The molecule has 0 aliphatic carbocycles. The summed E-state index contributed by atoms with van der Waals surface area (Å²) in [5.74, 6) is -4.11. The van der Waals surface area contributed by atoms with E-state index in [0.717, 1.165) is 34.2 Å². The van der Waals surface area contributed by atoms with Crippen LogP contribution < -0.4 is 10.6 Å². The van der Waals surface area contributed by atoms with Crippen LogP contribution >= 0.6 is 23.1 Å². The molecular formula is C32H22FN3O6S2. The van der Waals surface area contributed by atoms with Gasteiger partial charge in [0.1, 0.15) is 11.1 Å². The summed E-state index contributed by atoms with van der Waals surface area (Å²) in [5, 5.41) is 25.6. The first kappa shape index (κ1) is 30.1. The lowest BCUT2D eigenvalue weighted by Crippen LogP contribution is -2.19. The fourth-order valence-electron chi connectivity index (χ4n) is 4.16. The van der Waals surface area contributed by atoms with Crippen LogP contribution in [-0.4, -0.2) is 39.0 Å². The fraction of sp³-hybridized carbons (Fsp3) is 0.0312. The van der Waals surface area contributed by atoms with Gasteiger partial charge in [-0.25, -0.2) is 19.0 Å². The summed E-state index contributed by atoms with van der Waals surface area (Å²) in [5.41, 5.74) is 1.59. The number of carboxylic acids is 2. The number of halogens is 1. The molecule has 5 aromatic rings. The van der Waals surface area contributed by atoms with Crippen molar-refractivity contribution in [1.29, 1.82) is 0 Å². The first-order valence-electron chi connectivity index (χ1n) is 12.9. The first-order chi connectivity index (χ1) is 21.2. The summed E-state index contributed by atoms with van der Waals surface area (Å²) in [4.78, 5) is 54.4. The Bertz CT molecular complexity index is 1840. The van der Waals surface area contributed by atoms with Crippen molar-refractivity contribution < 1.29 is 33.8 Å². The van der Waals surface area contributed by atoms with E-state index < -0.39 is 28.7 Å². The quantitative estimate of drug-likeness (QED) is 0.120. The topological polar surface area (TPSA) is 146 Å². The van der Waals surface area contributed by atoms with E-state index in [9.17, 15) is 28.7 Å². The number of anilines is 2. The number of carbonyl (C=O) groups is 4. The van der Waals surface area contributed by atoms with Crippen LogP contribution in [0.15, 0.2) is 107 Å². The molecule has 0 aliphatic rings. The van der Waals surface area contributed by atoms with E-state index in [1.165, 1.54) is 35.2 Å². The van der Waals surface area contributed by atoms with Gasteiger partial charge in [0, 0.05) is 21.5 Å². The van der Waals surface area contributed by atoms with Gasteiger partial charge < -0.3 is 20.8 Å². The molecule has 2 amide bonds. The Kier molecular flexibility index (Phi) is 9.12. The Morgan fingerprint density at radius 2 is 1.50 bits per heavy atom. The SMILES string of the molecule is O=C(O)c1ccc(C(=O)Nc2ccc(SC(C(=O)Nc3nc(-c4ccc(F)cc4)cs3)c3ccccc3)cc2)c(C(=O)O)c1. The Morgan fingerprint density at radius 3 is 2.16 bits per heavy atom. The summed E-state index contributed by atoms with van der Waals surface area (Å²) in [6, 6.07) is 25.0. The van der Waals surface area contributed by atoms with E-state index in [0.29, 0.717) is 16.5 Å². The predicted molar refractivity (Wildman–Crippen MR) is 166 cm³/mol. The maximum Gasteiger partial charge on any atom is 0.336 e. The lowest BCUT2D eigenvalue weighted by atomic mass is 10.0. The molecule has 4 aromatic carbocycles. The molecule has 9 nitrogen and oxygen atoms in total. The molecule has 220 valence electrons. The molecule has 0 radical (unpaired) electrons. The molecule has 1 heterocycles. The van der Waals surface area contributed by atoms with Crippen LogP contribution in [0.1, 0.15) is 41.9 Å². The van der Waals surface area contributed by atoms with Gasteiger partial charge in [0.25, 0.3) is 5.91 Å². The van der Waals surface area contributed by atoms with E-state index >= 15 is 0 Å². The van der Waals surface area contributed by atoms with Crippen LogP contribution in [0.4, 0.5) is 15.2 Å². The van der Waals surface area contributed by atoms with Gasteiger partial charge in [-0.05, 0) is 72.3 Å². The highest BCUT2D eigenvalue weighted by Crippen LogP contribution is 2.37. The Labute approximate surface area is 258 Å². The number of amides is 2. The van der Waals surface area contributed by atoms with Gasteiger partial charge in [0.2, 0.25) is 5.91 Å². The summed E-state index contributed by atoms with van der Waals surface area (Å²) in [6.07, 6.45) is 0. The molecule has 0 saturated carbocycles. The number of aromatic carboxylic acids is 2. The van der Waals surface area contributed by atoms with E-state index in [2.05, 4.69) is 15.6 Å². The zero-order chi connectivity index (χ0) is 31.2. The second kappa shape index (κ2) is 13.3. The van der Waals surface area contributed by atoms with Gasteiger partial charge in [-0.1, -0.05) is 30.3 Å². The predicted octanol–water partition coefficient (Wildman–Crippen LogP) is 7.07. The van der Waals surface area contributed by atoms with Crippen molar-refractivity contribution in [2.24, 2.45) is 0 Å². The highest BCUT2D eigenvalue weighted by Gasteiger charge is 2.24. The van der Waals surface area contributed by atoms with Crippen molar-refractivity contribution in [3.8, 4) is 11.3 Å². The minimum absolute atomic E-state index is 0.188. The maximum atomic E-state index is 13.5. The highest BCUT2D eigenvalue weighted by molar-refractivity contribution is 8.00. The van der Waals surface area contributed by atoms with Crippen LogP contribution in [0.25, 0.3) is 11.3 Å². The average Bonchev–Trinajstić information content (AvgIpc) is 3.49. The molecule has 0 bridgehead atoms. The second-order valence-corrected chi connectivity index (χ2v) is 11.3. The minimum atomic E-state index is -1.43. The molecule has 44 heavy (non-hydrogen) atoms. The molecule has 0 spiro atoms. The molecule has 5 rings (SSSR count). The minimum Gasteiger partial charge on any atom is -0.478 e. The van der Waals surface area contributed by atoms with Crippen molar-refractivity contribution in [3.05, 3.63) is 131 Å². The first-order valence-corrected chi connectivity index (χ1v) is 14.7. The number of carbonyl (C=O) groups excluding carboxylic acids is 2. The second-order valence-electron chi connectivity index (χ2n) is 9.29. The van der Waals surface area contributed by atoms with Crippen LogP contribution in [0.3, 0.4) is 0 Å². The molecule has 0 aliphatic heterocycles. The van der Waals surface area contributed by atoms with Crippen LogP contribution in [0.5, 0.6) is 0 Å². The third-order valence-electron chi connectivity index (χ3n) is 6.32. The van der Waals surface area contributed by atoms with Gasteiger partial charge in [-0.15, -0.1) is 23.1 Å². The molecule has 0 saturated heterocycles. The van der Waals surface area contributed by atoms with E-state index in [1.807, 2.05) is 30.3 Å². The molecule has 1 unspecified atom stereocenters. The summed E-state index contributed by atoms with van der Waals surface area (Å²) in [7, 11) is 0. The van der Waals surface area contributed by atoms with Crippen LogP contribution in [-0.2, 0) is 4.79 Å². The average molecular weight is 628 g/mol. The zero-order valence-electron chi connectivity index (χ0n) is 22.6. The number of nitrogens with zero attached hydrogens (tertiary/aromatic N) is 1. The van der Waals surface area contributed by atoms with E-state index in [-0.39, 0.29) is 22.9 Å². The summed E-state index contributed by atoms with van der Waals surface area (Å²) >= 11 is 2.54. The number of hydrogen-bond acceptors (Lipinski definition) is 7. The van der Waals surface area contributed by atoms with E-state index in [4.69, 9.17) is 5.11 Å². The Balaban J connectivity index is 1.30. The highest BCUT2D eigenvalue weighted by atomic mass is 32.2. The number of thiazole rings is 1. The van der Waals surface area contributed by atoms with Crippen molar-refractivity contribution in [2.75, 3.05) is 10.6 Å². The number of hydrogen-bond donors (Lipinski definition) is 4. The van der Waals surface area contributed by atoms with Crippen molar-refractivity contribution in [3.63, 3.8) is 0 Å². The third-order valence-corrected chi connectivity index (χ3v) is 8.35. The van der Waals surface area contributed by atoms with Crippen LogP contribution in [0, 0.1) is 5.82 Å². The fourth-order valence-corrected chi connectivity index (χ4v) is 5.91. The zero-order valence-corrected chi connectivity index (χ0v) is 24.2. The molecule has 12 heteroatoms. The standard InChI is InChI=1S/C32H22FN3O6S2/c33-21-9-6-18(7-10-21)26-17-43-32(35-26)36-29(38)27(19-4-2-1-3-5-19)44-23-13-11-22(12-14-23)34-28(37)24-15-8-20(30(39)40)16-25(24)31(41)42/h1-17,27H,(H,34,37)(H,39,40)(H,41,42)(H,35,36,38). The number of rotatable bonds is 10. The lowest BCUT2D eigenvalue weighted by molar-refractivity contribution is -0.115. The van der Waals surface area contributed by atoms with E-state index in [1.54, 1.807) is 41.8 Å². The van der Waals surface area contributed by atoms with Crippen molar-refractivity contribution >= 4 is 57.7 Å². The molecule has 0 fully saturated rings. The van der Waals surface area contributed by atoms with Crippen molar-refractivity contribution in [1.82, 2.24) is 4.98 Å². The van der Waals surface area contributed by atoms with Gasteiger partial charge in [0.15, 0.2) is 5.13 Å². The summed E-state index contributed by atoms with van der Waals surface area (Å²) < 4.78 is 13.3. The number of aromatic nitrogens is 1. The third kappa shape index (κ3) is 7.17. The van der Waals surface area contributed by atoms with Gasteiger partial charge in [-0.2, -0.15) is 0 Å². The number of carboxylic acid groups (broad SMARTS) is 2. The lowest BCUT2D eigenvalue weighted by Gasteiger charge is -2.16. The monoisotopic (exact) mass is 627 g/mol. The summed E-state index contributed by atoms with van der Waals surface area (Å²) in [6.45, 7) is 0. The molecular weight excluding hydrogens is 605 g/mol. The molecule has 1 atom stereocenters. The van der Waals surface area contributed by atoms with Gasteiger partial charge >= 0.3 is 11.9 Å². The van der Waals surface area contributed by atoms with Gasteiger partial charge in [0.05, 0.1) is 22.4 Å². The Morgan fingerprint density at radius 1 is 0.795 bits per heavy atom. The molecule has 4 N–H and O–H groups in total.